The lowest BCUT2D eigenvalue weighted by molar-refractivity contribution is -0.141. The number of aromatic nitrogens is 2. The highest BCUT2D eigenvalue weighted by molar-refractivity contribution is 7.15. The van der Waals surface area contributed by atoms with Crippen LogP contribution in [0.2, 0.25) is 0 Å². The summed E-state index contributed by atoms with van der Waals surface area (Å²) in [6.07, 6.45) is 4.61. The minimum absolute atomic E-state index is 0.120. The Kier molecular flexibility index (Phi) is 9.36. The van der Waals surface area contributed by atoms with E-state index < -0.39 is 12.0 Å². The molecule has 7 nitrogen and oxygen atoms in total. The van der Waals surface area contributed by atoms with E-state index in [2.05, 4.69) is 17.2 Å². The van der Waals surface area contributed by atoms with E-state index in [0.29, 0.717) is 36.3 Å². The van der Waals surface area contributed by atoms with Crippen LogP contribution < -0.4 is 10.1 Å². The normalized spacial score (nSPS) is 11.5. The molecule has 3 aromatic carbocycles. The number of anilines is 1. The van der Waals surface area contributed by atoms with Gasteiger partial charge in [-0.3, -0.25) is 9.78 Å². The van der Waals surface area contributed by atoms with Crippen molar-refractivity contribution in [3.05, 3.63) is 131 Å². The van der Waals surface area contributed by atoms with Crippen LogP contribution >= 0.6 is 11.3 Å². The molecule has 0 amide bonds. The fraction of sp³-hybridized carbons (Fsp3) is 0.176. The van der Waals surface area contributed by atoms with E-state index in [1.165, 1.54) is 12.0 Å². The zero-order valence-electron chi connectivity index (χ0n) is 23.4. The van der Waals surface area contributed by atoms with Gasteiger partial charge in [-0.2, -0.15) is 0 Å². The van der Waals surface area contributed by atoms with E-state index in [1.807, 2.05) is 66.7 Å². The Labute approximate surface area is 249 Å². The average Bonchev–Trinajstić information content (AvgIpc) is 3.42. The second kappa shape index (κ2) is 13.7. The maximum Gasteiger partial charge on any atom is 0.328 e. The van der Waals surface area contributed by atoms with E-state index in [4.69, 9.17) is 14.5 Å². The Morgan fingerprint density at radius 1 is 0.905 bits per heavy atom. The Morgan fingerprint density at radius 3 is 2.36 bits per heavy atom. The van der Waals surface area contributed by atoms with Crippen molar-refractivity contribution < 1.29 is 19.1 Å². The summed E-state index contributed by atoms with van der Waals surface area (Å²) in [5.41, 5.74) is 4.66. The van der Waals surface area contributed by atoms with Crippen LogP contribution in [0.4, 0.5) is 5.69 Å². The number of carbonyl (C=O) groups excluding carboxylic acids is 2. The van der Waals surface area contributed by atoms with Gasteiger partial charge < -0.3 is 14.8 Å². The number of ether oxygens (including phenoxy) is 2. The number of thiazole rings is 1. The van der Waals surface area contributed by atoms with Gasteiger partial charge in [0.1, 0.15) is 16.8 Å². The van der Waals surface area contributed by atoms with E-state index in [-0.39, 0.29) is 5.78 Å². The monoisotopic (exact) mass is 577 g/mol. The van der Waals surface area contributed by atoms with Crippen LogP contribution in [0.3, 0.4) is 0 Å². The number of nitrogens with one attached hydrogen (secondary N) is 1. The lowest BCUT2D eigenvalue weighted by Crippen LogP contribution is -2.33. The minimum atomic E-state index is -0.686. The number of nitrogens with zero attached hydrogens (tertiary/aromatic N) is 2. The standard InChI is InChI=1S/C34H31N3O4S/c1-23-29(37-33(42-23)26-16-19-35-20-17-26)18-21-41-27-14-12-24(13-15-27)22-31(34(39)40-2)36-30-11-7-6-10-28(30)32(38)25-8-4-3-5-9-25/h3-17,19-20,31,36H,18,21-22H2,1-2H3. The topological polar surface area (TPSA) is 90.4 Å². The van der Waals surface area contributed by atoms with Gasteiger partial charge in [0, 0.05) is 52.5 Å². The second-order valence-corrected chi connectivity index (χ2v) is 10.9. The summed E-state index contributed by atoms with van der Waals surface area (Å²) in [6.45, 7) is 2.58. The van der Waals surface area contributed by atoms with E-state index in [0.717, 1.165) is 27.6 Å². The van der Waals surface area contributed by atoms with Crippen molar-refractivity contribution in [2.75, 3.05) is 19.0 Å². The maximum atomic E-state index is 13.2. The molecule has 0 fully saturated rings. The lowest BCUT2D eigenvalue weighted by atomic mass is 10.00. The number of carbonyl (C=O) groups is 2. The van der Waals surface area contributed by atoms with Gasteiger partial charge in [0.2, 0.25) is 0 Å². The van der Waals surface area contributed by atoms with Crippen LogP contribution in [-0.2, 0) is 22.4 Å². The summed E-state index contributed by atoms with van der Waals surface area (Å²) < 4.78 is 11.1. The molecule has 0 aliphatic carbocycles. The summed E-state index contributed by atoms with van der Waals surface area (Å²) in [5, 5.41) is 4.23. The summed E-state index contributed by atoms with van der Waals surface area (Å²) in [7, 11) is 1.36. The first-order valence-corrected chi connectivity index (χ1v) is 14.4. The molecule has 5 aromatic rings. The SMILES string of the molecule is COC(=O)C(Cc1ccc(OCCc2nc(-c3ccncc3)sc2C)cc1)Nc1ccccc1C(=O)c1ccccc1. The zero-order chi connectivity index (χ0) is 29.3. The fourth-order valence-electron chi connectivity index (χ4n) is 4.58. The van der Waals surface area contributed by atoms with Crippen molar-refractivity contribution in [1.82, 2.24) is 9.97 Å². The molecule has 0 bridgehead atoms. The molecule has 0 saturated carbocycles. The quantitative estimate of drug-likeness (QED) is 0.133. The Hall–Kier alpha value is -4.82. The lowest BCUT2D eigenvalue weighted by Gasteiger charge is -2.20. The third kappa shape index (κ3) is 7.08. The van der Waals surface area contributed by atoms with Crippen LogP contribution in [0.5, 0.6) is 5.75 Å². The first-order valence-electron chi connectivity index (χ1n) is 13.6. The molecule has 1 atom stereocenters. The molecule has 0 aliphatic rings. The van der Waals surface area contributed by atoms with Crippen LogP contribution in [0.1, 0.15) is 32.1 Å². The smallest absolute Gasteiger partial charge is 0.328 e. The van der Waals surface area contributed by atoms with Crippen molar-refractivity contribution in [3.63, 3.8) is 0 Å². The highest BCUT2D eigenvalue weighted by Gasteiger charge is 2.22. The van der Waals surface area contributed by atoms with Crippen LogP contribution in [0, 0.1) is 6.92 Å². The number of ketones is 1. The summed E-state index contributed by atoms with van der Waals surface area (Å²) in [4.78, 5) is 35.9. The molecule has 2 heterocycles. The molecule has 1 unspecified atom stereocenters. The van der Waals surface area contributed by atoms with Crippen LogP contribution in [-0.4, -0.2) is 41.5 Å². The Balaban J connectivity index is 1.21. The third-order valence-electron chi connectivity index (χ3n) is 6.81. The van der Waals surface area contributed by atoms with Gasteiger partial charge in [-0.25, -0.2) is 9.78 Å². The van der Waals surface area contributed by atoms with Crippen molar-refractivity contribution in [2.45, 2.75) is 25.8 Å². The van der Waals surface area contributed by atoms with E-state index in [1.54, 1.807) is 48.0 Å². The van der Waals surface area contributed by atoms with Crippen molar-refractivity contribution in [2.24, 2.45) is 0 Å². The molecule has 5 rings (SSSR count). The van der Waals surface area contributed by atoms with Gasteiger partial charge in [-0.05, 0) is 48.9 Å². The minimum Gasteiger partial charge on any atom is -0.493 e. The molecule has 8 heteroatoms. The van der Waals surface area contributed by atoms with Gasteiger partial charge in [-0.1, -0.05) is 54.6 Å². The van der Waals surface area contributed by atoms with Crippen molar-refractivity contribution in [1.29, 1.82) is 0 Å². The number of methoxy groups -OCH3 is 1. The van der Waals surface area contributed by atoms with Crippen molar-refractivity contribution >= 4 is 28.8 Å². The molecular weight excluding hydrogens is 546 g/mol. The molecule has 212 valence electrons. The molecule has 42 heavy (non-hydrogen) atoms. The molecule has 0 spiro atoms. The van der Waals surface area contributed by atoms with Gasteiger partial charge >= 0.3 is 5.97 Å². The fourth-order valence-corrected chi connectivity index (χ4v) is 5.54. The molecule has 0 saturated heterocycles. The number of aryl methyl sites for hydroxylation is 1. The molecule has 1 N–H and O–H groups in total. The Morgan fingerprint density at radius 2 is 1.62 bits per heavy atom. The maximum absolute atomic E-state index is 13.2. The van der Waals surface area contributed by atoms with Gasteiger partial charge in [0.15, 0.2) is 5.78 Å². The molecule has 2 aromatic heterocycles. The number of hydrogen-bond acceptors (Lipinski definition) is 8. The second-order valence-electron chi connectivity index (χ2n) is 9.67. The predicted octanol–water partition coefficient (Wildman–Crippen LogP) is 6.56. The molecule has 0 radical (unpaired) electrons. The highest BCUT2D eigenvalue weighted by atomic mass is 32.1. The number of rotatable bonds is 12. The number of para-hydroxylation sites is 1. The predicted molar refractivity (Wildman–Crippen MR) is 165 cm³/mol. The number of pyridine rings is 1. The molecule has 0 aliphatic heterocycles. The number of benzene rings is 3. The number of esters is 1. The highest BCUT2D eigenvalue weighted by Crippen LogP contribution is 2.28. The Bertz CT molecular complexity index is 1640. The first kappa shape index (κ1) is 28.7. The van der Waals surface area contributed by atoms with Gasteiger partial charge in [0.25, 0.3) is 0 Å². The van der Waals surface area contributed by atoms with Gasteiger partial charge in [0.05, 0.1) is 19.4 Å². The summed E-state index contributed by atoms with van der Waals surface area (Å²) in [6, 6.07) is 27.2. The van der Waals surface area contributed by atoms with E-state index >= 15 is 0 Å². The first-order chi connectivity index (χ1) is 20.5. The van der Waals surface area contributed by atoms with Crippen LogP contribution in [0.15, 0.2) is 103 Å². The van der Waals surface area contributed by atoms with E-state index in [9.17, 15) is 9.59 Å². The van der Waals surface area contributed by atoms with Crippen LogP contribution in [0.25, 0.3) is 10.6 Å². The summed E-state index contributed by atoms with van der Waals surface area (Å²) in [5.74, 6) is 0.203. The third-order valence-corrected chi connectivity index (χ3v) is 7.88. The largest absolute Gasteiger partial charge is 0.493 e. The van der Waals surface area contributed by atoms with Crippen molar-refractivity contribution in [3.8, 4) is 16.3 Å². The zero-order valence-corrected chi connectivity index (χ0v) is 24.3. The summed E-state index contributed by atoms with van der Waals surface area (Å²) >= 11 is 1.67. The van der Waals surface area contributed by atoms with Gasteiger partial charge in [-0.15, -0.1) is 11.3 Å². The average molecular weight is 578 g/mol. The molecular formula is C34H31N3O4S. The number of hydrogen-bond donors (Lipinski definition) is 1.